The van der Waals surface area contributed by atoms with E-state index < -0.39 is 12.0 Å². The van der Waals surface area contributed by atoms with Gasteiger partial charge in [-0.05, 0) is 70.4 Å². The second-order valence-electron chi connectivity index (χ2n) is 9.55. The predicted octanol–water partition coefficient (Wildman–Crippen LogP) is 3.99. The molecule has 7 heteroatoms. The molecule has 32 heavy (non-hydrogen) atoms. The van der Waals surface area contributed by atoms with Crippen LogP contribution in [-0.4, -0.2) is 54.2 Å². The van der Waals surface area contributed by atoms with E-state index in [4.69, 9.17) is 4.74 Å². The Morgan fingerprint density at radius 1 is 1.25 bits per heavy atom. The number of amides is 1. The van der Waals surface area contributed by atoms with E-state index in [1.165, 1.54) is 19.2 Å². The molecule has 182 valence electrons. The van der Waals surface area contributed by atoms with Gasteiger partial charge in [0.1, 0.15) is 17.8 Å². The summed E-state index contributed by atoms with van der Waals surface area (Å²) in [5.74, 6) is 0.587. The summed E-state index contributed by atoms with van der Waals surface area (Å²) in [6.45, 7) is 10.3. The lowest BCUT2D eigenvalue weighted by Gasteiger charge is -2.39. The monoisotopic (exact) mass is 451 g/mol. The van der Waals surface area contributed by atoms with E-state index >= 15 is 0 Å². The molecular formula is C25H42FN3O3. The number of hydrogen-bond acceptors (Lipinski definition) is 5. The molecule has 0 heterocycles. The van der Waals surface area contributed by atoms with E-state index in [0.29, 0.717) is 36.4 Å². The molecule has 1 fully saturated rings. The zero-order valence-electron chi connectivity index (χ0n) is 20.4. The van der Waals surface area contributed by atoms with E-state index in [0.717, 1.165) is 45.1 Å². The number of nitrogens with one attached hydrogen (secondary N) is 2. The highest BCUT2D eigenvalue weighted by molar-refractivity contribution is 5.79. The molecule has 1 aromatic carbocycles. The summed E-state index contributed by atoms with van der Waals surface area (Å²) in [5.41, 5.74) is 0.340. The van der Waals surface area contributed by atoms with Crippen LogP contribution in [0.2, 0.25) is 0 Å². The molecule has 0 radical (unpaired) electrons. The number of aliphatic hydroxyl groups is 1. The Labute approximate surface area is 192 Å². The molecule has 0 bridgehead atoms. The number of aliphatic hydroxyl groups excluding tert-OH is 1. The number of halogens is 1. The van der Waals surface area contributed by atoms with Crippen LogP contribution in [0.1, 0.15) is 78.0 Å². The molecule has 1 unspecified atom stereocenters. The lowest BCUT2D eigenvalue weighted by molar-refractivity contribution is -0.135. The van der Waals surface area contributed by atoms with Crippen molar-refractivity contribution in [2.24, 2.45) is 5.92 Å². The van der Waals surface area contributed by atoms with Crippen LogP contribution < -0.4 is 15.4 Å². The van der Waals surface area contributed by atoms with Gasteiger partial charge in [-0.2, -0.15) is 0 Å². The fraction of sp³-hybridized carbons (Fsp3) is 0.720. The van der Waals surface area contributed by atoms with Gasteiger partial charge in [-0.1, -0.05) is 13.8 Å². The molecule has 0 aromatic heterocycles. The third-order valence-corrected chi connectivity index (χ3v) is 6.78. The first-order valence-electron chi connectivity index (χ1n) is 12.0. The molecule has 0 saturated heterocycles. The SMILES string of the molecule is CCCN(C(=O)CNC1CCC(CNC(O)c2cc(F)cc(OC)c2)CC1)C(C)(C)CC. The van der Waals surface area contributed by atoms with Crippen LogP contribution in [0.4, 0.5) is 4.39 Å². The molecule has 2 rings (SSSR count). The average Bonchev–Trinajstić information content (AvgIpc) is 2.79. The third-order valence-electron chi connectivity index (χ3n) is 6.78. The van der Waals surface area contributed by atoms with Gasteiger partial charge in [-0.15, -0.1) is 0 Å². The Kier molecular flexibility index (Phi) is 10.4. The van der Waals surface area contributed by atoms with Gasteiger partial charge >= 0.3 is 0 Å². The third kappa shape index (κ3) is 7.71. The minimum atomic E-state index is -0.931. The lowest BCUT2D eigenvalue weighted by atomic mass is 9.86. The van der Waals surface area contributed by atoms with Gasteiger partial charge in [-0.3, -0.25) is 10.1 Å². The molecule has 1 aliphatic rings. The molecule has 3 N–H and O–H groups in total. The Balaban J connectivity index is 1.75. The number of rotatable bonds is 12. The molecule has 1 aromatic rings. The van der Waals surface area contributed by atoms with Crippen LogP contribution in [0.3, 0.4) is 0 Å². The first-order valence-corrected chi connectivity index (χ1v) is 12.0. The highest BCUT2D eigenvalue weighted by Gasteiger charge is 2.29. The van der Waals surface area contributed by atoms with Crippen LogP contribution in [0.15, 0.2) is 18.2 Å². The number of benzene rings is 1. The maximum absolute atomic E-state index is 13.7. The number of ether oxygens (including phenoxy) is 1. The summed E-state index contributed by atoms with van der Waals surface area (Å²) >= 11 is 0. The standard InChI is InChI=1S/C25H42FN3O3/c1-6-12-29(25(3,4)7-2)23(30)17-27-21-10-8-18(9-11-21)16-28-24(31)19-13-20(26)15-22(14-19)32-5/h13-15,18,21,24,27-28,31H,6-12,16-17H2,1-5H3. The highest BCUT2D eigenvalue weighted by atomic mass is 19.1. The van der Waals surface area contributed by atoms with E-state index in [9.17, 15) is 14.3 Å². The van der Waals surface area contributed by atoms with E-state index in [2.05, 4.69) is 38.3 Å². The Bertz CT molecular complexity index is 720. The fourth-order valence-electron chi connectivity index (χ4n) is 4.33. The number of carbonyl (C=O) groups excluding carboxylic acids is 1. The van der Waals surface area contributed by atoms with Crippen LogP contribution >= 0.6 is 0 Å². The zero-order chi connectivity index (χ0) is 23.7. The molecule has 1 saturated carbocycles. The first-order chi connectivity index (χ1) is 15.2. The van der Waals surface area contributed by atoms with Crippen molar-refractivity contribution in [1.82, 2.24) is 15.5 Å². The topological polar surface area (TPSA) is 73.8 Å². The summed E-state index contributed by atoms with van der Waals surface area (Å²) in [6.07, 6.45) is 5.03. The minimum Gasteiger partial charge on any atom is -0.497 e. The fourth-order valence-corrected chi connectivity index (χ4v) is 4.33. The van der Waals surface area contributed by atoms with Crippen molar-refractivity contribution in [1.29, 1.82) is 0 Å². The van der Waals surface area contributed by atoms with Crippen molar-refractivity contribution >= 4 is 5.91 Å². The van der Waals surface area contributed by atoms with Gasteiger partial charge in [0.2, 0.25) is 5.91 Å². The second kappa shape index (κ2) is 12.5. The Morgan fingerprint density at radius 3 is 2.53 bits per heavy atom. The summed E-state index contributed by atoms with van der Waals surface area (Å²) in [7, 11) is 1.48. The van der Waals surface area contributed by atoms with E-state index in [-0.39, 0.29) is 11.4 Å². The van der Waals surface area contributed by atoms with Gasteiger partial charge in [0.15, 0.2) is 0 Å². The number of hydrogen-bond donors (Lipinski definition) is 3. The molecule has 0 spiro atoms. The van der Waals surface area contributed by atoms with Gasteiger partial charge in [0.05, 0.1) is 13.7 Å². The molecule has 1 amide bonds. The smallest absolute Gasteiger partial charge is 0.236 e. The highest BCUT2D eigenvalue weighted by Crippen LogP contribution is 2.26. The van der Waals surface area contributed by atoms with Crippen LogP contribution in [0, 0.1) is 11.7 Å². The molecular weight excluding hydrogens is 409 g/mol. The maximum Gasteiger partial charge on any atom is 0.236 e. The van der Waals surface area contributed by atoms with Crippen molar-refractivity contribution in [3.8, 4) is 5.75 Å². The van der Waals surface area contributed by atoms with E-state index in [1.54, 1.807) is 6.07 Å². The quantitative estimate of drug-likeness (QED) is 0.419. The second-order valence-corrected chi connectivity index (χ2v) is 9.55. The largest absolute Gasteiger partial charge is 0.497 e. The van der Waals surface area contributed by atoms with Crippen molar-refractivity contribution in [2.45, 2.75) is 84.0 Å². The summed E-state index contributed by atoms with van der Waals surface area (Å²) in [5, 5.41) is 17.0. The molecule has 6 nitrogen and oxygen atoms in total. The van der Waals surface area contributed by atoms with Gasteiger partial charge in [-0.25, -0.2) is 4.39 Å². The van der Waals surface area contributed by atoms with Gasteiger partial charge in [0.25, 0.3) is 0 Å². The lowest BCUT2D eigenvalue weighted by Crippen LogP contribution is -2.52. The number of carbonyl (C=O) groups is 1. The minimum absolute atomic E-state index is 0.120. The van der Waals surface area contributed by atoms with Crippen molar-refractivity contribution in [2.75, 3.05) is 26.7 Å². The van der Waals surface area contributed by atoms with Crippen LogP contribution in [0.5, 0.6) is 5.75 Å². The summed E-state index contributed by atoms with van der Waals surface area (Å²) in [4.78, 5) is 14.8. The summed E-state index contributed by atoms with van der Waals surface area (Å²) < 4.78 is 18.7. The van der Waals surface area contributed by atoms with Crippen molar-refractivity contribution < 1.29 is 19.0 Å². The molecule has 1 atom stereocenters. The first kappa shape index (κ1) is 26.6. The normalized spacial score (nSPS) is 20.1. The predicted molar refractivity (Wildman–Crippen MR) is 126 cm³/mol. The Hall–Kier alpha value is -1.70. The van der Waals surface area contributed by atoms with Crippen molar-refractivity contribution in [3.05, 3.63) is 29.6 Å². The summed E-state index contributed by atoms with van der Waals surface area (Å²) in [6, 6.07) is 4.60. The number of methoxy groups -OCH3 is 1. The average molecular weight is 452 g/mol. The molecule has 0 aliphatic heterocycles. The molecule has 1 aliphatic carbocycles. The van der Waals surface area contributed by atoms with Gasteiger partial charge in [0, 0.05) is 36.3 Å². The number of nitrogens with zero attached hydrogens (tertiary/aromatic N) is 1. The Morgan fingerprint density at radius 2 is 1.94 bits per heavy atom. The van der Waals surface area contributed by atoms with E-state index in [1.807, 2.05) is 4.90 Å². The van der Waals surface area contributed by atoms with Crippen molar-refractivity contribution in [3.63, 3.8) is 0 Å². The van der Waals surface area contributed by atoms with Crippen LogP contribution in [0.25, 0.3) is 0 Å². The zero-order valence-corrected chi connectivity index (χ0v) is 20.4. The van der Waals surface area contributed by atoms with Crippen LogP contribution in [-0.2, 0) is 4.79 Å². The van der Waals surface area contributed by atoms with Gasteiger partial charge < -0.3 is 20.1 Å². The maximum atomic E-state index is 13.7.